The molecule has 2 amide bonds. The first-order valence-electron chi connectivity index (χ1n) is 9.90. The Morgan fingerprint density at radius 2 is 1.86 bits per heavy atom. The number of aromatic nitrogens is 1. The molecule has 7 heteroatoms. The van der Waals surface area contributed by atoms with E-state index in [1.54, 1.807) is 23.6 Å². The summed E-state index contributed by atoms with van der Waals surface area (Å²) in [4.78, 5) is 29.0. The van der Waals surface area contributed by atoms with Crippen molar-refractivity contribution in [1.82, 2.24) is 14.4 Å². The van der Waals surface area contributed by atoms with Gasteiger partial charge in [0.15, 0.2) is 0 Å². The fraction of sp³-hybridized carbons (Fsp3) is 0.455. The van der Waals surface area contributed by atoms with Crippen LogP contribution >= 0.6 is 0 Å². The van der Waals surface area contributed by atoms with Gasteiger partial charge < -0.3 is 14.4 Å². The predicted octanol–water partition coefficient (Wildman–Crippen LogP) is 3.59. The van der Waals surface area contributed by atoms with E-state index in [4.69, 9.17) is 0 Å². The molecule has 1 aliphatic heterocycles. The molecule has 0 aliphatic carbocycles. The summed E-state index contributed by atoms with van der Waals surface area (Å²) in [6, 6.07) is 6.30. The minimum absolute atomic E-state index is 0.0747. The van der Waals surface area contributed by atoms with Crippen LogP contribution < -0.4 is 0 Å². The highest BCUT2D eigenvalue weighted by Crippen LogP contribution is 2.34. The third kappa shape index (κ3) is 4.18. The van der Waals surface area contributed by atoms with Crippen LogP contribution in [0.4, 0.5) is 8.78 Å². The minimum Gasteiger partial charge on any atom is -0.348 e. The summed E-state index contributed by atoms with van der Waals surface area (Å²) in [5.41, 5.74) is 1.01. The van der Waals surface area contributed by atoms with Gasteiger partial charge in [-0.15, -0.1) is 0 Å². The first kappa shape index (κ1) is 21.0. The van der Waals surface area contributed by atoms with E-state index in [-0.39, 0.29) is 35.9 Å². The van der Waals surface area contributed by atoms with Gasteiger partial charge in [-0.1, -0.05) is 19.9 Å². The van der Waals surface area contributed by atoms with E-state index in [9.17, 15) is 18.4 Å². The lowest BCUT2D eigenvalue weighted by Crippen LogP contribution is -2.50. The number of hydrogen-bond acceptors (Lipinski definition) is 2. The molecule has 1 aliphatic rings. The molecule has 1 unspecified atom stereocenters. The zero-order valence-corrected chi connectivity index (χ0v) is 17.2. The van der Waals surface area contributed by atoms with Crippen LogP contribution in [0.5, 0.6) is 0 Å². The molecule has 0 radical (unpaired) electrons. The van der Waals surface area contributed by atoms with Crippen molar-refractivity contribution in [3.63, 3.8) is 0 Å². The van der Waals surface area contributed by atoms with Gasteiger partial charge in [-0.25, -0.2) is 8.78 Å². The maximum atomic E-state index is 14.6. The van der Waals surface area contributed by atoms with Crippen LogP contribution in [0.1, 0.15) is 45.0 Å². The Bertz CT molecular complexity index is 907. The molecule has 0 spiro atoms. The number of fused-ring (bicyclic) bond motifs is 1. The quantitative estimate of drug-likeness (QED) is 0.766. The number of halogens is 2. The first-order chi connectivity index (χ1) is 13.7. The van der Waals surface area contributed by atoms with Crippen LogP contribution in [0.2, 0.25) is 0 Å². The van der Waals surface area contributed by atoms with E-state index in [1.807, 2.05) is 36.7 Å². The highest BCUT2D eigenvalue weighted by Gasteiger charge is 2.35. The highest BCUT2D eigenvalue weighted by molar-refractivity contribution is 5.86. The molecule has 29 heavy (non-hydrogen) atoms. The first-order valence-corrected chi connectivity index (χ1v) is 9.90. The molecule has 0 fully saturated rings. The maximum Gasteiger partial charge on any atom is 0.243 e. The van der Waals surface area contributed by atoms with E-state index in [0.717, 1.165) is 11.8 Å². The molecule has 0 saturated heterocycles. The third-order valence-electron chi connectivity index (χ3n) is 5.32. The number of hydrogen-bond donors (Lipinski definition) is 0. The average molecular weight is 403 g/mol. The van der Waals surface area contributed by atoms with Gasteiger partial charge in [-0.3, -0.25) is 9.59 Å². The monoisotopic (exact) mass is 403 g/mol. The highest BCUT2D eigenvalue weighted by atomic mass is 19.1. The van der Waals surface area contributed by atoms with Crippen LogP contribution in [-0.4, -0.2) is 45.3 Å². The summed E-state index contributed by atoms with van der Waals surface area (Å²) in [6.45, 7) is 8.21. The van der Waals surface area contributed by atoms with E-state index < -0.39 is 17.7 Å². The average Bonchev–Trinajstić information content (AvgIpc) is 3.13. The fourth-order valence-corrected chi connectivity index (χ4v) is 3.79. The lowest BCUT2D eigenvalue weighted by Gasteiger charge is -2.39. The van der Waals surface area contributed by atoms with Crippen molar-refractivity contribution in [2.45, 2.75) is 46.3 Å². The van der Waals surface area contributed by atoms with Crippen molar-refractivity contribution in [2.75, 3.05) is 13.1 Å². The molecule has 0 saturated carbocycles. The summed E-state index contributed by atoms with van der Waals surface area (Å²) < 4.78 is 30.1. The molecule has 3 rings (SSSR count). The largest absolute Gasteiger partial charge is 0.348 e. The van der Waals surface area contributed by atoms with Crippen molar-refractivity contribution >= 4 is 11.8 Å². The Morgan fingerprint density at radius 1 is 1.14 bits per heavy atom. The zero-order valence-electron chi connectivity index (χ0n) is 17.2. The van der Waals surface area contributed by atoms with E-state index in [2.05, 4.69) is 0 Å². The second-order valence-electron chi connectivity index (χ2n) is 8.00. The molecule has 0 bridgehead atoms. The van der Waals surface area contributed by atoms with Crippen molar-refractivity contribution < 1.29 is 18.4 Å². The molecule has 1 aromatic heterocycles. The summed E-state index contributed by atoms with van der Waals surface area (Å²) in [5.74, 6) is -1.94. The standard InChI is InChI=1S/C22H27F2N3O2/c1-14(2)22(29)27(15(3)4)13-20(28)26-11-10-25-9-5-6-19(25)21(26)17-8-7-16(23)12-18(17)24/h5-9,12,14-15,21H,10-11,13H2,1-4H3. The number of rotatable bonds is 5. The van der Waals surface area contributed by atoms with Crippen molar-refractivity contribution in [3.05, 3.63) is 59.4 Å². The molecule has 1 aromatic carbocycles. The lowest BCUT2D eigenvalue weighted by atomic mass is 9.99. The molecule has 2 heterocycles. The summed E-state index contributed by atoms with van der Waals surface area (Å²) in [7, 11) is 0. The number of amides is 2. The van der Waals surface area contributed by atoms with Crippen molar-refractivity contribution in [1.29, 1.82) is 0 Å². The topological polar surface area (TPSA) is 45.6 Å². The Hall–Kier alpha value is -2.70. The van der Waals surface area contributed by atoms with Crippen molar-refractivity contribution in [3.8, 4) is 0 Å². The Morgan fingerprint density at radius 3 is 2.48 bits per heavy atom. The smallest absolute Gasteiger partial charge is 0.243 e. The lowest BCUT2D eigenvalue weighted by molar-refractivity contribution is -0.145. The molecular formula is C22H27F2N3O2. The molecule has 0 N–H and O–H groups in total. The van der Waals surface area contributed by atoms with Gasteiger partial charge in [-0.05, 0) is 32.0 Å². The molecular weight excluding hydrogens is 376 g/mol. The Kier molecular flexibility index (Phi) is 6.05. The molecule has 156 valence electrons. The van der Waals surface area contributed by atoms with Gasteiger partial charge in [0.2, 0.25) is 11.8 Å². The SMILES string of the molecule is CC(C)C(=O)N(CC(=O)N1CCn2cccc2C1c1ccc(F)cc1F)C(C)C. The zero-order chi connectivity index (χ0) is 21.3. The van der Waals surface area contributed by atoms with Gasteiger partial charge >= 0.3 is 0 Å². The maximum absolute atomic E-state index is 14.6. The molecule has 2 aromatic rings. The van der Waals surface area contributed by atoms with Crippen molar-refractivity contribution in [2.24, 2.45) is 5.92 Å². The normalized spacial score (nSPS) is 16.3. The molecule has 1 atom stereocenters. The second kappa shape index (κ2) is 8.35. The number of carbonyl (C=O) groups is 2. The van der Waals surface area contributed by atoms with Crippen LogP contribution in [0.15, 0.2) is 36.5 Å². The molecule has 5 nitrogen and oxygen atoms in total. The van der Waals surface area contributed by atoms with E-state index >= 15 is 0 Å². The summed E-state index contributed by atoms with van der Waals surface area (Å²) >= 11 is 0. The van der Waals surface area contributed by atoms with Crippen LogP contribution in [0, 0.1) is 17.6 Å². The van der Waals surface area contributed by atoms with Gasteiger partial charge in [0.05, 0.1) is 0 Å². The van der Waals surface area contributed by atoms with Gasteiger partial charge in [-0.2, -0.15) is 0 Å². The Labute approximate surface area is 169 Å². The predicted molar refractivity (Wildman–Crippen MR) is 106 cm³/mol. The van der Waals surface area contributed by atoms with Crippen LogP contribution in [0.3, 0.4) is 0 Å². The Balaban J connectivity index is 1.96. The number of carbonyl (C=O) groups excluding carboxylic acids is 2. The fourth-order valence-electron chi connectivity index (χ4n) is 3.79. The van der Waals surface area contributed by atoms with Gasteiger partial charge in [0.1, 0.15) is 24.2 Å². The van der Waals surface area contributed by atoms with Gasteiger partial charge in [0, 0.05) is 48.6 Å². The van der Waals surface area contributed by atoms with Crippen LogP contribution in [0.25, 0.3) is 0 Å². The third-order valence-corrected chi connectivity index (χ3v) is 5.32. The number of nitrogens with zero attached hydrogens (tertiary/aromatic N) is 3. The summed E-state index contributed by atoms with van der Waals surface area (Å²) in [6.07, 6.45) is 1.88. The second-order valence-corrected chi connectivity index (χ2v) is 8.00. The summed E-state index contributed by atoms with van der Waals surface area (Å²) in [5, 5.41) is 0. The number of benzene rings is 1. The minimum atomic E-state index is -0.693. The van der Waals surface area contributed by atoms with Crippen LogP contribution in [-0.2, 0) is 16.1 Å². The van der Waals surface area contributed by atoms with Gasteiger partial charge in [0.25, 0.3) is 0 Å². The van der Waals surface area contributed by atoms with E-state index in [1.165, 1.54) is 12.1 Å². The van der Waals surface area contributed by atoms with E-state index in [0.29, 0.717) is 13.1 Å².